The number of halogens is 1. The normalized spacial score (nSPS) is 23.8. The minimum absolute atomic E-state index is 0.000379. The van der Waals surface area contributed by atoms with Crippen molar-refractivity contribution >= 4 is 11.7 Å². The molecule has 0 radical (unpaired) electrons. The Morgan fingerprint density at radius 3 is 2.79 bits per heavy atom. The molecular formula is C14H18FNO3. The van der Waals surface area contributed by atoms with E-state index in [1.165, 1.54) is 0 Å². The minimum atomic E-state index is -2.10. The average Bonchev–Trinajstić information content (AvgIpc) is 2.62. The molecule has 1 aromatic rings. The van der Waals surface area contributed by atoms with E-state index in [-0.39, 0.29) is 12.8 Å². The molecule has 5 heteroatoms. The van der Waals surface area contributed by atoms with Gasteiger partial charge in [-0.25, -0.2) is 9.18 Å². The van der Waals surface area contributed by atoms with Crippen molar-refractivity contribution in [1.29, 1.82) is 0 Å². The lowest BCUT2D eigenvalue weighted by atomic mass is 9.97. The number of ether oxygens (including phenoxy) is 1. The summed E-state index contributed by atoms with van der Waals surface area (Å²) in [6, 6.07) is 7.52. The van der Waals surface area contributed by atoms with Gasteiger partial charge in [0, 0.05) is 19.5 Å². The first kappa shape index (κ1) is 13.6. The van der Waals surface area contributed by atoms with Crippen LogP contribution < -0.4 is 9.64 Å². The number of para-hydroxylation sites is 2. The zero-order valence-electron chi connectivity index (χ0n) is 10.9. The molecule has 0 spiro atoms. The van der Waals surface area contributed by atoms with Gasteiger partial charge in [0.2, 0.25) is 5.67 Å². The molecule has 1 N–H and O–H groups in total. The van der Waals surface area contributed by atoms with Crippen LogP contribution in [0.4, 0.5) is 10.1 Å². The van der Waals surface area contributed by atoms with Crippen LogP contribution in [-0.2, 0) is 4.79 Å². The maximum absolute atomic E-state index is 14.2. The topological polar surface area (TPSA) is 49.8 Å². The molecule has 0 aromatic heterocycles. The molecule has 1 aliphatic heterocycles. The molecule has 104 valence electrons. The number of methoxy groups -OCH3 is 1. The Hall–Kier alpha value is -1.78. The van der Waals surface area contributed by atoms with Crippen LogP contribution >= 0.6 is 0 Å². The minimum Gasteiger partial charge on any atom is -0.495 e. The number of rotatable bonds is 3. The number of carboxylic acid groups (broad SMARTS) is 1. The zero-order chi connectivity index (χ0) is 13.9. The highest BCUT2D eigenvalue weighted by Gasteiger charge is 2.40. The van der Waals surface area contributed by atoms with Crippen LogP contribution in [0.3, 0.4) is 0 Å². The van der Waals surface area contributed by atoms with Gasteiger partial charge in [-0.05, 0) is 25.0 Å². The summed E-state index contributed by atoms with van der Waals surface area (Å²) in [4.78, 5) is 13.0. The lowest BCUT2D eigenvalue weighted by Gasteiger charge is -2.25. The first-order chi connectivity index (χ1) is 9.07. The fourth-order valence-electron chi connectivity index (χ4n) is 2.44. The number of hydrogen-bond donors (Lipinski definition) is 1. The van der Waals surface area contributed by atoms with Crippen LogP contribution in [0.25, 0.3) is 0 Å². The standard InChI is InChI=1S/C14H18FNO3/c1-19-12-6-3-2-5-11(12)16-9-4-7-14(15,8-10-16)13(17)18/h2-3,5-6H,4,7-10H2,1H3,(H,17,18). The second-order valence-electron chi connectivity index (χ2n) is 4.78. The van der Waals surface area contributed by atoms with Gasteiger partial charge < -0.3 is 14.7 Å². The molecule has 0 amide bonds. The van der Waals surface area contributed by atoms with E-state index in [0.29, 0.717) is 19.5 Å². The molecule has 2 rings (SSSR count). The summed E-state index contributed by atoms with van der Waals surface area (Å²) in [5.74, 6) is -0.626. The van der Waals surface area contributed by atoms with E-state index >= 15 is 0 Å². The van der Waals surface area contributed by atoms with Crippen LogP contribution in [0, 0.1) is 0 Å². The molecule has 1 saturated heterocycles. The number of aliphatic carboxylic acids is 1. The van der Waals surface area contributed by atoms with Gasteiger partial charge in [-0.2, -0.15) is 0 Å². The van der Waals surface area contributed by atoms with Crippen molar-refractivity contribution in [3.8, 4) is 5.75 Å². The molecule has 0 bridgehead atoms. The van der Waals surface area contributed by atoms with Gasteiger partial charge in [0.05, 0.1) is 12.8 Å². The Morgan fingerprint density at radius 2 is 2.11 bits per heavy atom. The fourth-order valence-corrected chi connectivity index (χ4v) is 2.44. The first-order valence-corrected chi connectivity index (χ1v) is 6.37. The van der Waals surface area contributed by atoms with E-state index in [1.807, 2.05) is 29.2 Å². The van der Waals surface area contributed by atoms with Gasteiger partial charge in [-0.3, -0.25) is 0 Å². The number of nitrogens with zero attached hydrogens (tertiary/aromatic N) is 1. The van der Waals surface area contributed by atoms with Crippen molar-refractivity contribution < 1.29 is 19.0 Å². The molecule has 4 nitrogen and oxygen atoms in total. The van der Waals surface area contributed by atoms with Crippen molar-refractivity contribution in [2.45, 2.75) is 24.9 Å². The number of benzene rings is 1. The molecule has 1 heterocycles. The van der Waals surface area contributed by atoms with Gasteiger partial charge in [-0.1, -0.05) is 12.1 Å². The molecule has 19 heavy (non-hydrogen) atoms. The van der Waals surface area contributed by atoms with Crippen LogP contribution in [0.1, 0.15) is 19.3 Å². The lowest BCUT2D eigenvalue weighted by Crippen LogP contribution is -2.35. The molecule has 0 saturated carbocycles. The molecular weight excluding hydrogens is 249 g/mol. The monoisotopic (exact) mass is 267 g/mol. The number of carboxylic acids is 1. The van der Waals surface area contributed by atoms with Gasteiger partial charge in [0.25, 0.3) is 0 Å². The van der Waals surface area contributed by atoms with Crippen molar-refractivity contribution in [2.24, 2.45) is 0 Å². The number of hydrogen-bond acceptors (Lipinski definition) is 3. The molecule has 1 aromatic carbocycles. The van der Waals surface area contributed by atoms with E-state index < -0.39 is 11.6 Å². The van der Waals surface area contributed by atoms with Gasteiger partial charge in [0.1, 0.15) is 5.75 Å². The van der Waals surface area contributed by atoms with E-state index in [9.17, 15) is 9.18 Å². The van der Waals surface area contributed by atoms with Crippen molar-refractivity contribution in [3.05, 3.63) is 24.3 Å². The lowest BCUT2D eigenvalue weighted by molar-refractivity contribution is -0.151. The van der Waals surface area contributed by atoms with Gasteiger partial charge >= 0.3 is 5.97 Å². The molecule has 1 fully saturated rings. The SMILES string of the molecule is COc1ccccc1N1CCCC(F)(C(=O)O)CC1. The Kier molecular flexibility index (Phi) is 3.93. The predicted octanol–water partition coefficient (Wildman–Crippen LogP) is 2.48. The summed E-state index contributed by atoms with van der Waals surface area (Å²) in [5.41, 5.74) is -1.21. The zero-order valence-corrected chi connectivity index (χ0v) is 10.9. The molecule has 0 aliphatic carbocycles. The third-order valence-corrected chi connectivity index (χ3v) is 3.59. The van der Waals surface area contributed by atoms with E-state index in [4.69, 9.17) is 9.84 Å². The summed E-state index contributed by atoms with van der Waals surface area (Å²) in [7, 11) is 1.59. The highest BCUT2D eigenvalue weighted by molar-refractivity contribution is 5.77. The fraction of sp³-hybridized carbons (Fsp3) is 0.500. The van der Waals surface area contributed by atoms with Crippen molar-refractivity contribution in [3.63, 3.8) is 0 Å². The van der Waals surface area contributed by atoms with Gasteiger partial charge in [-0.15, -0.1) is 0 Å². The van der Waals surface area contributed by atoms with Crippen LogP contribution in [0.5, 0.6) is 5.75 Å². The Morgan fingerprint density at radius 1 is 1.37 bits per heavy atom. The summed E-state index contributed by atoms with van der Waals surface area (Å²) < 4.78 is 19.5. The summed E-state index contributed by atoms with van der Waals surface area (Å²) in [6.45, 7) is 1.02. The molecule has 1 unspecified atom stereocenters. The second-order valence-corrected chi connectivity index (χ2v) is 4.78. The van der Waals surface area contributed by atoms with E-state index in [0.717, 1.165) is 11.4 Å². The van der Waals surface area contributed by atoms with E-state index in [2.05, 4.69) is 0 Å². The number of anilines is 1. The first-order valence-electron chi connectivity index (χ1n) is 6.37. The van der Waals surface area contributed by atoms with E-state index in [1.54, 1.807) is 7.11 Å². The van der Waals surface area contributed by atoms with Crippen LogP contribution in [0.2, 0.25) is 0 Å². The van der Waals surface area contributed by atoms with Crippen molar-refractivity contribution in [1.82, 2.24) is 0 Å². The largest absolute Gasteiger partial charge is 0.495 e. The number of alkyl halides is 1. The van der Waals surface area contributed by atoms with Crippen LogP contribution in [-0.4, -0.2) is 36.9 Å². The third kappa shape index (κ3) is 2.80. The average molecular weight is 267 g/mol. The maximum atomic E-state index is 14.2. The Balaban J connectivity index is 2.17. The maximum Gasteiger partial charge on any atom is 0.341 e. The summed E-state index contributed by atoms with van der Waals surface area (Å²) >= 11 is 0. The summed E-state index contributed by atoms with van der Waals surface area (Å²) in [5, 5.41) is 8.96. The molecule has 1 aliphatic rings. The molecule has 1 atom stereocenters. The van der Waals surface area contributed by atoms with Crippen molar-refractivity contribution in [2.75, 3.05) is 25.1 Å². The quantitative estimate of drug-likeness (QED) is 0.914. The van der Waals surface area contributed by atoms with Crippen LogP contribution in [0.15, 0.2) is 24.3 Å². The van der Waals surface area contributed by atoms with Gasteiger partial charge in [0.15, 0.2) is 0 Å². The highest BCUT2D eigenvalue weighted by Crippen LogP contribution is 2.33. The third-order valence-electron chi connectivity index (χ3n) is 3.59. The Labute approximate surface area is 111 Å². The Bertz CT molecular complexity index is 466. The second kappa shape index (κ2) is 5.47. The smallest absolute Gasteiger partial charge is 0.341 e. The summed E-state index contributed by atoms with van der Waals surface area (Å²) in [6.07, 6.45) is 0.579. The highest BCUT2D eigenvalue weighted by atomic mass is 19.1. The predicted molar refractivity (Wildman–Crippen MR) is 70.5 cm³/mol. The number of carbonyl (C=O) groups is 1.